The van der Waals surface area contributed by atoms with Crippen LogP contribution in [-0.4, -0.2) is 20.4 Å². The summed E-state index contributed by atoms with van der Waals surface area (Å²) in [7, 11) is 0. The van der Waals surface area contributed by atoms with Gasteiger partial charge in [0.15, 0.2) is 11.6 Å². The Kier molecular flexibility index (Phi) is 3.37. The molecule has 0 spiro atoms. The summed E-state index contributed by atoms with van der Waals surface area (Å²) in [6, 6.07) is 6.58. The van der Waals surface area contributed by atoms with E-state index in [0.29, 0.717) is 11.5 Å². The summed E-state index contributed by atoms with van der Waals surface area (Å²) in [5.74, 6) is 1.47. The van der Waals surface area contributed by atoms with Crippen LogP contribution in [-0.2, 0) is 0 Å². The number of carbonyl (C=O) groups excluding carboxylic acids is 1. The van der Waals surface area contributed by atoms with Crippen LogP contribution in [0.25, 0.3) is 5.52 Å². The summed E-state index contributed by atoms with van der Waals surface area (Å²) in [5.41, 5.74) is 6.05. The van der Waals surface area contributed by atoms with Crippen LogP contribution in [0.4, 0.5) is 11.5 Å². The SMILES string of the molecule is CC(=O)c1cn2ncnc(Nc3cc(C4CC4)ccc3C)c2c1C. The molecular weight excluding hydrogens is 300 g/mol. The zero-order valence-electron chi connectivity index (χ0n) is 14.1. The van der Waals surface area contributed by atoms with Crippen LogP contribution < -0.4 is 5.32 Å². The summed E-state index contributed by atoms with van der Waals surface area (Å²) in [5, 5.41) is 7.69. The van der Waals surface area contributed by atoms with Crippen LogP contribution in [0.1, 0.15) is 52.7 Å². The van der Waals surface area contributed by atoms with Crippen molar-refractivity contribution in [2.45, 2.75) is 39.5 Å². The number of ketones is 1. The Bertz CT molecular complexity index is 953. The number of fused-ring (bicyclic) bond motifs is 1. The molecule has 0 amide bonds. The van der Waals surface area contributed by atoms with E-state index in [4.69, 9.17) is 0 Å². The Balaban J connectivity index is 1.80. The van der Waals surface area contributed by atoms with Crippen molar-refractivity contribution >= 4 is 22.8 Å². The third-order valence-corrected chi connectivity index (χ3v) is 4.77. The number of nitrogens with one attached hydrogen (secondary N) is 1. The second-order valence-electron chi connectivity index (χ2n) is 6.60. The van der Waals surface area contributed by atoms with Crippen LogP contribution in [0.3, 0.4) is 0 Å². The van der Waals surface area contributed by atoms with E-state index in [1.807, 2.05) is 6.92 Å². The highest BCUT2D eigenvalue weighted by molar-refractivity contribution is 5.99. The fraction of sp³-hybridized carbons (Fsp3) is 0.316. The molecule has 4 rings (SSSR count). The van der Waals surface area contributed by atoms with Crippen molar-refractivity contribution < 1.29 is 4.79 Å². The smallest absolute Gasteiger partial charge is 0.161 e. The summed E-state index contributed by atoms with van der Waals surface area (Å²) in [6.07, 6.45) is 5.84. The molecule has 2 aromatic heterocycles. The van der Waals surface area contributed by atoms with E-state index in [1.54, 1.807) is 17.6 Å². The number of Topliss-reactive ketones (excluding diaryl/α,β-unsaturated/α-hetero) is 1. The average Bonchev–Trinajstić information content (AvgIpc) is 3.34. The molecular formula is C19H20N4O. The Morgan fingerprint density at radius 3 is 2.79 bits per heavy atom. The van der Waals surface area contributed by atoms with E-state index < -0.39 is 0 Å². The third-order valence-electron chi connectivity index (χ3n) is 4.77. The molecule has 5 heteroatoms. The van der Waals surface area contributed by atoms with Gasteiger partial charge in [0.1, 0.15) is 11.8 Å². The number of hydrogen-bond donors (Lipinski definition) is 1. The number of aromatic nitrogens is 3. The number of anilines is 2. The lowest BCUT2D eigenvalue weighted by molar-refractivity contribution is 0.101. The van der Waals surface area contributed by atoms with Crippen molar-refractivity contribution in [3.63, 3.8) is 0 Å². The molecule has 0 aliphatic heterocycles. The molecule has 0 radical (unpaired) electrons. The number of carbonyl (C=O) groups is 1. The van der Waals surface area contributed by atoms with Crippen LogP contribution in [0.5, 0.6) is 0 Å². The van der Waals surface area contributed by atoms with Crippen molar-refractivity contribution in [1.82, 2.24) is 14.6 Å². The van der Waals surface area contributed by atoms with Crippen LogP contribution >= 0.6 is 0 Å². The van der Waals surface area contributed by atoms with Crippen molar-refractivity contribution in [3.05, 3.63) is 53.0 Å². The molecule has 2 heterocycles. The van der Waals surface area contributed by atoms with Crippen LogP contribution in [0, 0.1) is 13.8 Å². The van der Waals surface area contributed by atoms with Gasteiger partial charge in [-0.2, -0.15) is 5.10 Å². The molecule has 5 nitrogen and oxygen atoms in total. The Morgan fingerprint density at radius 2 is 2.08 bits per heavy atom. The molecule has 24 heavy (non-hydrogen) atoms. The van der Waals surface area contributed by atoms with Gasteiger partial charge in [-0.25, -0.2) is 9.50 Å². The van der Waals surface area contributed by atoms with Gasteiger partial charge < -0.3 is 5.32 Å². The topological polar surface area (TPSA) is 59.3 Å². The fourth-order valence-corrected chi connectivity index (χ4v) is 3.18. The number of nitrogens with zero attached hydrogens (tertiary/aromatic N) is 3. The van der Waals surface area contributed by atoms with Crippen molar-refractivity contribution in [2.24, 2.45) is 0 Å². The molecule has 0 atom stereocenters. The summed E-state index contributed by atoms with van der Waals surface area (Å²) >= 11 is 0. The summed E-state index contributed by atoms with van der Waals surface area (Å²) in [4.78, 5) is 16.2. The van der Waals surface area contributed by atoms with E-state index in [0.717, 1.165) is 22.6 Å². The maximum absolute atomic E-state index is 11.8. The van der Waals surface area contributed by atoms with Gasteiger partial charge in [-0.15, -0.1) is 0 Å². The van der Waals surface area contributed by atoms with E-state index >= 15 is 0 Å². The number of hydrogen-bond acceptors (Lipinski definition) is 4. The zero-order chi connectivity index (χ0) is 16.8. The van der Waals surface area contributed by atoms with E-state index in [2.05, 4.69) is 40.5 Å². The standard InChI is InChI=1S/C19H20N4O/c1-11-4-5-15(14-6-7-14)8-17(11)22-19-18-12(2)16(13(3)24)9-23(18)21-10-20-19/h4-5,8-10,14H,6-7H2,1-3H3,(H,20,21,22). The highest BCUT2D eigenvalue weighted by atomic mass is 16.1. The maximum Gasteiger partial charge on any atom is 0.161 e. The summed E-state index contributed by atoms with van der Waals surface area (Å²) in [6.45, 7) is 5.60. The van der Waals surface area contributed by atoms with Crippen molar-refractivity contribution in [3.8, 4) is 0 Å². The minimum absolute atomic E-state index is 0.0378. The van der Waals surface area contributed by atoms with Crippen molar-refractivity contribution in [1.29, 1.82) is 0 Å². The number of aryl methyl sites for hydroxylation is 2. The second kappa shape index (κ2) is 5.44. The largest absolute Gasteiger partial charge is 0.338 e. The van der Waals surface area contributed by atoms with Gasteiger partial charge in [-0.1, -0.05) is 12.1 Å². The number of rotatable bonds is 4. The van der Waals surface area contributed by atoms with E-state index in [9.17, 15) is 4.79 Å². The predicted molar refractivity (Wildman–Crippen MR) is 94.2 cm³/mol. The molecule has 1 saturated carbocycles. The minimum Gasteiger partial charge on any atom is -0.338 e. The second-order valence-corrected chi connectivity index (χ2v) is 6.60. The van der Waals surface area contributed by atoms with Gasteiger partial charge >= 0.3 is 0 Å². The Morgan fingerprint density at radius 1 is 1.29 bits per heavy atom. The minimum atomic E-state index is 0.0378. The molecule has 1 N–H and O–H groups in total. The normalized spacial score (nSPS) is 14.1. The zero-order valence-corrected chi connectivity index (χ0v) is 14.1. The van der Waals surface area contributed by atoms with Gasteiger partial charge in [-0.3, -0.25) is 4.79 Å². The first-order chi connectivity index (χ1) is 11.5. The van der Waals surface area contributed by atoms with Gasteiger partial charge in [0.25, 0.3) is 0 Å². The van der Waals surface area contributed by atoms with E-state index in [1.165, 1.54) is 30.3 Å². The first kappa shape index (κ1) is 14.9. The van der Waals surface area contributed by atoms with Crippen molar-refractivity contribution in [2.75, 3.05) is 5.32 Å². The van der Waals surface area contributed by atoms with E-state index in [-0.39, 0.29) is 5.78 Å². The highest BCUT2D eigenvalue weighted by Crippen LogP contribution is 2.41. The maximum atomic E-state index is 11.8. The van der Waals surface area contributed by atoms with Gasteiger partial charge in [0.05, 0.1) is 0 Å². The lowest BCUT2D eigenvalue weighted by Gasteiger charge is -2.12. The highest BCUT2D eigenvalue weighted by Gasteiger charge is 2.24. The monoisotopic (exact) mass is 320 g/mol. The Labute approximate surface area is 140 Å². The molecule has 3 aromatic rings. The first-order valence-electron chi connectivity index (χ1n) is 8.26. The lowest BCUT2D eigenvalue weighted by atomic mass is 10.1. The fourth-order valence-electron chi connectivity index (χ4n) is 3.18. The predicted octanol–water partition coefficient (Wildman–Crippen LogP) is 4.17. The molecule has 0 unspecified atom stereocenters. The molecule has 1 aliphatic carbocycles. The molecule has 1 aromatic carbocycles. The van der Waals surface area contributed by atoms with Crippen LogP contribution in [0.15, 0.2) is 30.7 Å². The number of benzene rings is 1. The van der Waals surface area contributed by atoms with Crippen LogP contribution in [0.2, 0.25) is 0 Å². The molecule has 122 valence electrons. The third kappa shape index (κ3) is 2.46. The molecule has 1 fully saturated rings. The average molecular weight is 320 g/mol. The summed E-state index contributed by atoms with van der Waals surface area (Å²) < 4.78 is 1.72. The van der Waals surface area contributed by atoms with Gasteiger partial charge in [-0.05, 0) is 62.3 Å². The Hall–Kier alpha value is -2.69. The van der Waals surface area contributed by atoms with Gasteiger partial charge in [0.2, 0.25) is 0 Å². The molecule has 1 aliphatic rings. The molecule has 0 bridgehead atoms. The lowest BCUT2D eigenvalue weighted by Crippen LogP contribution is -2.01. The quantitative estimate of drug-likeness (QED) is 0.733. The van der Waals surface area contributed by atoms with Gasteiger partial charge in [0, 0.05) is 17.4 Å². The first-order valence-corrected chi connectivity index (χ1v) is 8.26. The molecule has 0 saturated heterocycles.